The molecule has 0 N–H and O–H groups in total. The fourth-order valence-corrected chi connectivity index (χ4v) is 5.70. The van der Waals surface area contributed by atoms with Gasteiger partial charge in [-0.25, -0.2) is 0 Å². The predicted molar refractivity (Wildman–Crippen MR) is 74.6 cm³/mol. The summed E-state index contributed by atoms with van der Waals surface area (Å²) >= 11 is 0. The lowest BCUT2D eigenvalue weighted by Gasteiger charge is -2.70. The Morgan fingerprint density at radius 3 is 1.65 bits per heavy atom. The van der Waals surface area contributed by atoms with Crippen molar-refractivity contribution in [1.29, 1.82) is 0 Å². The quantitative estimate of drug-likeness (QED) is 0.630. The van der Waals surface area contributed by atoms with Crippen LogP contribution in [0.5, 0.6) is 0 Å². The number of hydrogen-bond donors (Lipinski definition) is 0. The van der Waals surface area contributed by atoms with Crippen LogP contribution in [-0.4, -0.2) is 11.6 Å². The van der Waals surface area contributed by atoms with Gasteiger partial charge in [-0.2, -0.15) is 0 Å². The standard InChI is InChI=1S/C18H16O2/c19-13-5-6-14(20)16-12-4-3-11(15(13)16)17-7-1-2-8-18(12,17)10-9-17/h1-6,9-12,15-16H,7-8H2. The maximum Gasteiger partial charge on any atom is 0.160 e. The lowest BCUT2D eigenvalue weighted by Crippen LogP contribution is -2.67. The minimum atomic E-state index is -0.118. The van der Waals surface area contributed by atoms with E-state index in [9.17, 15) is 9.59 Å². The molecular weight excluding hydrogens is 248 g/mol. The molecule has 1 saturated carbocycles. The van der Waals surface area contributed by atoms with E-state index in [-0.39, 0.29) is 46.1 Å². The molecule has 0 aromatic heterocycles. The molecule has 2 bridgehead atoms. The molecule has 6 aliphatic carbocycles. The van der Waals surface area contributed by atoms with E-state index in [1.807, 2.05) is 0 Å². The fraction of sp³-hybridized carbons (Fsp3) is 0.444. The second kappa shape index (κ2) is 3.13. The van der Waals surface area contributed by atoms with Crippen LogP contribution in [0, 0.1) is 34.5 Å². The molecule has 1 fully saturated rings. The zero-order chi connectivity index (χ0) is 13.5. The van der Waals surface area contributed by atoms with E-state index in [2.05, 4.69) is 36.5 Å². The maximum absolute atomic E-state index is 12.4. The number of ketones is 2. The average molecular weight is 264 g/mol. The Balaban J connectivity index is 1.76. The first kappa shape index (κ1) is 11.0. The minimum absolute atomic E-state index is 0.101. The molecule has 2 nitrogen and oxygen atoms in total. The summed E-state index contributed by atoms with van der Waals surface area (Å²) in [5, 5.41) is 0. The first-order valence-electron chi connectivity index (χ1n) is 7.49. The Morgan fingerprint density at radius 2 is 1.25 bits per heavy atom. The van der Waals surface area contributed by atoms with E-state index in [1.54, 1.807) is 0 Å². The van der Waals surface area contributed by atoms with Gasteiger partial charge in [0.25, 0.3) is 0 Å². The number of rotatable bonds is 0. The van der Waals surface area contributed by atoms with Crippen LogP contribution in [-0.2, 0) is 9.59 Å². The molecule has 6 rings (SSSR count). The van der Waals surface area contributed by atoms with E-state index in [4.69, 9.17) is 0 Å². The van der Waals surface area contributed by atoms with Crippen molar-refractivity contribution in [2.24, 2.45) is 34.5 Å². The number of allylic oxidation sites excluding steroid dienone is 8. The molecule has 20 heavy (non-hydrogen) atoms. The van der Waals surface area contributed by atoms with Crippen LogP contribution in [0.15, 0.2) is 48.6 Å². The van der Waals surface area contributed by atoms with Crippen LogP contribution in [0.4, 0.5) is 0 Å². The van der Waals surface area contributed by atoms with Gasteiger partial charge in [0, 0.05) is 22.7 Å². The molecule has 0 aliphatic heterocycles. The molecule has 100 valence electrons. The first-order chi connectivity index (χ1) is 9.70. The Hall–Kier alpha value is -1.70. The Labute approximate surface area is 117 Å². The Bertz CT molecular complexity index is 611. The third-order valence-electron chi connectivity index (χ3n) is 6.57. The van der Waals surface area contributed by atoms with Gasteiger partial charge >= 0.3 is 0 Å². The fourth-order valence-electron chi connectivity index (χ4n) is 5.70. The highest BCUT2D eigenvalue weighted by molar-refractivity contribution is 6.08. The highest BCUT2D eigenvalue weighted by Gasteiger charge is 2.71. The molecule has 6 unspecified atom stereocenters. The number of hydrogen-bond acceptors (Lipinski definition) is 2. The summed E-state index contributed by atoms with van der Waals surface area (Å²) in [7, 11) is 0. The third kappa shape index (κ3) is 0.895. The van der Waals surface area contributed by atoms with Gasteiger partial charge in [-0.05, 0) is 36.8 Å². The van der Waals surface area contributed by atoms with E-state index in [0.717, 1.165) is 12.8 Å². The van der Waals surface area contributed by atoms with Gasteiger partial charge in [-0.15, -0.1) is 0 Å². The summed E-state index contributed by atoms with van der Waals surface area (Å²) < 4.78 is 0. The van der Waals surface area contributed by atoms with Crippen LogP contribution in [0.2, 0.25) is 0 Å². The number of carbonyl (C=O) groups excluding carboxylic acids is 2. The van der Waals surface area contributed by atoms with E-state index >= 15 is 0 Å². The van der Waals surface area contributed by atoms with Crippen molar-refractivity contribution in [3.8, 4) is 0 Å². The zero-order valence-electron chi connectivity index (χ0n) is 11.2. The Kier molecular flexibility index (Phi) is 1.73. The normalized spacial score (nSPS) is 53.4. The van der Waals surface area contributed by atoms with Crippen molar-refractivity contribution in [3.05, 3.63) is 48.6 Å². The summed E-state index contributed by atoms with van der Waals surface area (Å²) in [4.78, 5) is 24.8. The third-order valence-corrected chi connectivity index (χ3v) is 6.57. The van der Waals surface area contributed by atoms with Gasteiger partial charge in [0.05, 0.1) is 0 Å². The van der Waals surface area contributed by atoms with Gasteiger partial charge in [-0.3, -0.25) is 9.59 Å². The van der Waals surface area contributed by atoms with E-state index < -0.39 is 0 Å². The van der Waals surface area contributed by atoms with Crippen molar-refractivity contribution >= 4 is 11.6 Å². The summed E-state index contributed by atoms with van der Waals surface area (Å²) in [5.41, 5.74) is 0.201. The highest BCUT2D eigenvalue weighted by atomic mass is 16.1. The largest absolute Gasteiger partial charge is 0.294 e. The van der Waals surface area contributed by atoms with E-state index in [1.165, 1.54) is 12.2 Å². The second-order valence-corrected chi connectivity index (χ2v) is 6.92. The minimum Gasteiger partial charge on any atom is -0.294 e. The topological polar surface area (TPSA) is 34.1 Å². The molecule has 0 spiro atoms. The maximum atomic E-state index is 12.4. The molecule has 0 aromatic rings. The summed E-state index contributed by atoms with van der Waals surface area (Å²) in [5.74, 6) is 0.486. The van der Waals surface area contributed by atoms with Crippen LogP contribution < -0.4 is 0 Å². The van der Waals surface area contributed by atoms with Crippen molar-refractivity contribution < 1.29 is 9.59 Å². The van der Waals surface area contributed by atoms with Crippen LogP contribution >= 0.6 is 0 Å². The van der Waals surface area contributed by atoms with Gasteiger partial charge < -0.3 is 0 Å². The molecule has 2 heteroatoms. The zero-order valence-corrected chi connectivity index (χ0v) is 11.2. The molecule has 0 heterocycles. The molecule has 0 amide bonds. The summed E-state index contributed by atoms with van der Waals surface area (Å²) in [6.07, 6.45) is 18.7. The summed E-state index contributed by atoms with van der Waals surface area (Å²) in [6, 6.07) is 0. The SMILES string of the molecule is O=C1C=CC(=O)C2C1C1C=CC2C23C=CC12CC=CC3. The smallest absolute Gasteiger partial charge is 0.160 e. The van der Waals surface area contributed by atoms with Crippen LogP contribution in [0.3, 0.4) is 0 Å². The van der Waals surface area contributed by atoms with Crippen molar-refractivity contribution in [2.45, 2.75) is 12.8 Å². The van der Waals surface area contributed by atoms with Crippen LogP contribution in [0.25, 0.3) is 0 Å². The van der Waals surface area contributed by atoms with Gasteiger partial charge in [0.1, 0.15) is 0 Å². The Morgan fingerprint density at radius 1 is 0.800 bits per heavy atom. The van der Waals surface area contributed by atoms with Gasteiger partial charge in [-0.1, -0.05) is 36.5 Å². The lowest BCUT2D eigenvalue weighted by atomic mass is 9.32. The van der Waals surface area contributed by atoms with Gasteiger partial charge in [0.15, 0.2) is 11.6 Å². The highest BCUT2D eigenvalue weighted by Crippen LogP contribution is 2.74. The van der Waals surface area contributed by atoms with Crippen LogP contribution in [0.1, 0.15) is 12.8 Å². The first-order valence-corrected chi connectivity index (χ1v) is 7.49. The second-order valence-electron chi connectivity index (χ2n) is 6.92. The molecule has 0 aromatic carbocycles. The molecule has 6 atom stereocenters. The average Bonchev–Trinajstić information content (AvgIpc) is 2.45. The number of carbonyl (C=O) groups is 2. The van der Waals surface area contributed by atoms with E-state index in [0.29, 0.717) is 0 Å². The molecule has 0 saturated heterocycles. The van der Waals surface area contributed by atoms with Crippen molar-refractivity contribution in [2.75, 3.05) is 0 Å². The van der Waals surface area contributed by atoms with Crippen molar-refractivity contribution in [3.63, 3.8) is 0 Å². The predicted octanol–water partition coefficient (Wildman–Crippen LogP) is 2.64. The van der Waals surface area contributed by atoms with Crippen molar-refractivity contribution in [1.82, 2.24) is 0 Å². The molecule has 6 aliphatic rings. The molecular formula is C18H16O2. The lowest BCUT2D eigenvalue weighted by molar-refractivity contribution is -0.156. The van der Waals surface area contributed by atoms with Gasteiger partial charge in [0.2, 0.25) is 0 Å². The summed E-state index contributed by atoms with van der Waals surface area (Å²) in [6.45, 7) is 0. The molecule has 0 radical (unpaired) electrons. The monoisotopic (exact) mass is 264 g/mol.